The van der Waals surface area contributed by atoms with Gasteiger partial charge >= 0.3 is 11.9 Å². The highest BCUT2D eigenvalue weighted by Gasteiger charge is 2.39. The topological polar surface area (TPSA) is 220 Å². The number of amides is 3. The third-order valence-electron chi connectivity index (χ3n) is 5.61. The van der Waals surface area contributed by atoms with E-state index in [0.717, 1.165) is 0 Å². The van der Waals surface area contributed by atoms with E-state index < -0.39 is 66.4 Å². The van der Waals surface area contributed by atoms with Gasteiger partial charge in [0, 0.05) is 13.0 Å². The van der Waals surface area contributed by atoms with Crippen molar-refractivity contribution in [3.8, 4) is 5.75 Å². The number of aliphatic hydroxyl groups is 1. The molecule has 0 radical (unpaired) electrons. The summed E-state index contributed by atoms with van der Waals surface area (Å²) in [5, 5.41) is 41.9. The number of nitrogens with two attached hydrogens (primary N) is 1. The zero-order chi connectivity index (χ0) is 26.3. The Morgan fingerprint density at radius 1 is 1.11 bits per heavy atom. The van der Waals surface area contributed by atoms with Gasteiger partial charge in [-0.25, -0.2) is 4.79 Å². The molecule has 13 heteroatoms. The molecule has 35 heavy (non-hydrogen) atoms. The van der Waals surface area contributed by atoms with Crippen molar-refractivity contribution in [2.75, 3.05) is 6.54 Å². The fourth-order valence-electron chi connectivity index (χ4n) is 3.77. The summed E-state index contributed by atoms with van der Waals surface area (Å²) >= 11 is 0. The van der Waals surface area contributed by atoms with Gasteiger partial charge in [0.2, 0.25) is 17.7 Å². The molecule has 1 saturated heterocycles. The maximum atomic E-state index is 13.4. The normalized spacial score (nSPS) is 18.7. The van der Waals surface area contributed by atoms with E-state index in [0.29, 0.717) is 12.0 Å². The van der Waals surface area contributed by atoms with Gasteiger partial charge in [-0.2, -0.15) is 0 Å². The smallest absolute Gasteiger partial charge is 0.328 e. The number of nitrogens with zero attached hydrogens (tertiary/aromatic N) is 1. The average molecular weight is 495 g/mol. The number of phenolic OH excluding ortho intramolecular Hbond substituents is 1. The lowest BCUT2D eigenvalue weighted by molar-refractivity contribution is -0.147. The molecule has 0 aliphatic carbocycles. The lowest BCUT2D eigenvalue weighted by Crippen LogP contribution is -2.58. The van der Waals surface area contributed by atoms with E-state index in [1.807, 2.05) is 0 Å². The third-order valence-corrected chi connectivity index (χ3v) is 5.61. The van der Waals surface area contributed by atoms with Crippen LogP contribution in [0.2, 0.25) is 0 Å². The minimum atomic E-state index is -1.57. The molecular weight excluding hydrogens is 464 g/mol. The highest BCUT2D eigenvalue weighted by atomic mass is 16.4. The first kappa shape index (κ1) is 27.5. The van der Waals surface area contributed by atoms with E-state index in [1.165, 1.54) is 36.1 Å². The Labute approximate surface area is 200 Å². The first-order chi connectivity index (χ1) is 16.4. The van der Waals surface area contributed by atoms with Crippen molar-refractivity contribution in [2.24, 2.45) is 5.73 Å². The Morgan fingerprint density at radius 2 is 1.74 bits per heavy atom. The maximum absolute atomic E-state index is 13.4. The summed E-state index contributed by atoms with van der Waals surface area (Å²) in [7, 11) is 0. The summed E-state index contributed by atoms with van der Waals surface area (Å²) in [6.45, 7) is 1.37. The van der Waals surface area contributed by atoms with Gasteiger partial charge in [-0.1, -0.05) is 12.1 Å². The molecule has 0 spiro atoms. The molecule has 1 aliphatic rings. The number of phenols is 1. The second-order valence-electron chi connectivity index (χ2n) is 8.39. The fourth-order valence-corrected chi connectivity index (χ4v) is 3.77. The van der Waals surface area contributed by atoms with Crippen molar-refractivity contribution >= 4 is 29.7 Å². The SMILES string of the molecule is CC(O)C(NC(=O)C1CCCN1C(=O)C(Cc1ccc(O)cc1)NC(=O)C(N)CC(=O)O)C(=O)O. The summed E-state index contributed by atoms with van der Waals surface area (Å²) in [6, 6.07) is 0.624. The Bertz CT molecular complexity index is 951. The van der Waals surface area contributed by atoms with Crippen LogP contribution in [0.3, 0.4) is 0 Å². The van der Waals surface area contributed by atoms with Gasteiger partial charge < -0.3 is 41.7 Å². The van der Waals surface area contributed by atoms with Crippen LogP contribution < -0.4 is 16.4 Å². The number of carbonyl (C=O) groups excluding carboxylic acids is 3. The van der Waals surface area contributed by atoms with Crippen molar-refractivity contribution < 1.29 is 44.4 Å². The first-order valence-corrected chi connectivity index (χ1v) is 11.0. The fraction of sp³-hybridized carbons (Fsp3) is 0.500. The second-order valence-corrected chi connectivity index (χ2v) is 8.39. The molecule has 1 fully saturated rings. The van der Waals surface area contributed by atoms with Gasteiger partial charge in [0.25, 0.3) is 0 Å². The molecule has 1 aromatic carbocycles. The zero-order valence-corrected chi connectivity index (χ0v) is 19.1. The highest BCUT2D eigenvalue weighted by molar-refractivity contribution is 5.95. The van der Waals surface area contributed by atoms with Crippen molar-refractivity contribution in [1.29, 1.82) is 0 Å². The molecule has 8 N–H and O–H groups in total. The van der Waals surface area contributed by atoms with Crippen LogP contribution in [-0.2, 0) is 30.4 Å². The van der Waals surface area contributed by atoms with E-state index >= 15 is 0 Å². The van der Waals surface area contributed by atoms with Crippen LogP contribution in [0.5, 0.6) is 5.75 Å². The third kappa shape index (κ3) is 7.65. The lowest BCUT2D eigenvalue weighted by atomic mass is 10.0. The van der Waals surface area contributed by atoms with Gasteiger partial charge in [-0.15, -0.1) is 0 Å². The molecule has 192 valence electrons. The number of hydrogen-bond donors (Lipinski definition) is 7. The number of aliphatic hydroxyl groups excluding tert-OH is 1. The van der Waals surface area contributed by atoms with Gasteiger partial charge in [0.15, 0.2) is 6.04 Å². The van der Waals surface area contributed by atoms with Crippen LogP contribution in [0.15, 0.2) is 24.3 Å². The minimum absolute atomic E-state index is 0.00785. The van der Waals surface area contributed by atoms with Gasteiger partial charge in [0.05, 0.1) is 18.6 Å². The van der Waals surface area contributed by atoms with E-state index in [-0.39, 0.29) is 25.1 Å². The molecular formula is C22H30N4O9. The van der Waals surface area contributed by atoms with Crippen LogP contribution in [0.1, 0.15) is 31.7 Å². The molecule has 5 atom stereocenters. The largest absolute Gasteiger partial charge is 0.508 e. The number of aromatic hydroxyl groups is 1. The van der Waals surface area contributed by atoms with Crippen molar-refractivity contribution in [3.63, 3.8) is 0 Å². The molecule has 5 unspecified atom stereocenters. The van der Waals surface area contributed by atoms with E-state index in [4.69, 9.17) is 10.8 Å². The van der Waals surface area contributed by atoms with E-state index in [2.05, 4.69) is 10.6 Å². The highest BCUT2D eigenvalue weighted by Crippen LogP contribution is 2.21. The van der Waals surface area contributed by atoms with Gasteiger partial charge in [0.1, 0.15) is 17.8 Å². The Balaban J connectivity index is 2.24. The summed E-state index contributed by atoms with van der Waals surface area (Å²) in [6.07, 6.45) is -1.40. The minimum Gasteiger partial charge on any atom is -0.508 e. The van der Waals surface area contributed by atoms with Crippen LogP contribution >= 0.6 is 0 Å². The maximum Gasteiger partial charge on any atom is 0.328 e. The summed E-state index contributed by atoms with van der Waals surface area (Å²) in [5.41, 5.74) is 6.19. The molecule has 13 nitrogen and oxygen atoms in total. The molecule has 1 aromatic rings. The number of carboxylic acids is 2. The van der Waals surface area contributed by atoms with Crippen LogP contribution in [-0.4, -0.2) is 91.8 Å². The van der Waals surface area contributed by atoms with Crippen LogP contribution in [0.25, 0.3) is 0 Å². The van der Waals surface area contributed by atoms with E-state index in [1.54, 1.807) is 0 Å². The van der Waals surface area contributed by atoms with Crippen molar-refractivity contribution in [3.05, 3.63) is 29.8 Å². The predicted molar refractivity (Wildman–Crippen MR) is 120 cm³/mol. The van der Waals surface area contributed by atoms with Crippen molar-refractivity contribution in [2.45, 2.75) is 62.9 Å². The van der Waals surface area contributed by atoms with E-state index in [9.17, 15) is 39.3 Å². The zero-order valence-electron chi connectivity index (χ0n) is 19.1. The molecule has 0 aromatic heterocycles. The number of nitrogens with one attached hydrogen (secondary N) is 2. The Kier molecular flexibility index (Phi) is 9.54. The molecule has 3 amide bonds. The summed E-state index contributed by atoms with van der Waals surface area (Å²) in [5.74, 6) is -5.02. The number of rotatable bonds is 11. The Hall–Kier alpha value is -3.71. The number of hydrogen-bond acceptors (Lipinski definition) is 8. The predicted octanol–water partition coefficient (Wildman–Crippen LogP) is -1.84. The summed E-state index contributed by atoms with van der Waals surface area (Å²) < 4.78 is 0. The summed E-state index contributed by atoms with van der Waals surface area (Å²) in [4.78, 5) is 62.1. The number of likely N-dealkylation sites (tertiary alicyclic amines) is 1. The number of carbonyl (C=O) groups is 5. The molecule has 2 rings (SSSR count). The average Bonchev–Trinajstić information content (AvgIpc) is 3.26. The van der Waals surface area contributed by atoms with Crippen molar-refractivity contribution in [1.82, 2.24) is 15.5 Å². The quantitative estimate of drug-likeness (QED) is 0.182. The number of aliphatic carboxylic acids is 2. The Morgan fingerprint density at radius 3 is 2.29 bits per heavy atom. The second kappa shape index (κ2) is 12.1. The molecule has 0 saturated carbocycles. The first-order valence-electron chi connectivity index (χ1n) is 11.0. The molecule has 1 aliphatic heterocycles. The van der Waals surface area contributed by atoms with Gasteiger partial charge in [-0.3, -0.25) is 19.2 Å². The standard InChI is InChI=1S/C22H30N4O9/c1-11(27)18(22(34)35)25-20(32)16-3-2-8-26(16)21(33)15(9-12-4-6-13(28)7-5-12)24-19(31)14(23)10-17(29)30/h4-7,11,14-16,18,27-28H,2-3,8-10,23H2,1H3,(H,24,31)(H,25,32)(H,29,30)(H,34,35). The van der Waals surface area contributed by atoms with Crippen LogP contribution in [0, 0.1) is 0 Å². The van der Waals surface area contributed by atoms with Gasteiger partial charge in [-0.05, 0) is 37.5 Å². The number of benzene rings is 1. The monoisotopic (exact) mass is 494 g/mol. The number of carboxylic acid groups (broad SMARTS) is 2. The van der Waals surface area contributed by atoms with Crippen LogP contribution in [0.4, 0.5) is 0 Å². The molecule has 0 bridgehead atoms. The molecule has 1 heterocycles. The lowest BCUT2D eigenvalue weighted by Gasteiger charge is -2.30.